The molecule has 82 heavy (non-hydrogen) atoms. The molecule has 2 fully saturated rings. The lowest BCUT2D eigenvalue weighted by atomic mass is 9.78. The number of aliphatic imine (C=N–C) groups is 4. The summed E-state index contributed by atoms with van der Waals surface area (Å²) < 4.78 is 116. The smallest absolute Gasteiger partial charge is 0.433 e. The molecule has 25 heteroatoms. The molecule has 0 amide bonds. The average molecular weight is 1170 g/mol. The van der Waals surface area contributed by atoms with Gasteiger partial charge in [0.25, 0.3) is 0 Å². The fourth-order valence-electron chi connectivity index (χ4n) is 8.51. The standard InChI is InChI=1S/C57H52F8N12O3S2/c1-35-31-81-53(74-72-29-37-9-14-40(15-10-37)50(66)70-33-68-42-18-22-44(23-19-42)79-56(60,61)62)76(35)47-8-6-5-7-46(47)55(3,4)28-39-13-26-49(78-52(58)59)48(27-39)77-36(2)32-82-54(77)75-73-30-38-11-16-41(17-12-38)51(67)71-34-69-43-20-24-45(25-21-43)80-57(63,64)65/h5-27,29-30,33-36,52H,28,31-32H2,1-4H3,(H2,66,68,70)(H2,67,69,71)/b72-29-,73-30-,74-53+,75-54+. The maximum atomic E-state index is 14.0. The summed E-state index contributed by atoms with van der Waals surface area (Å²) in [4.78, 5) is 20.5. The van der Waals surface area contributed by atoms with Gasteiger partial charge in [-0.1, -0.05) is 110 Å². The number of hydrogen-bond donors (Lipinski definition) is 2. The Kier molecular flexibility index (Phi) is 19.1. The quantitative estimate of drug-likeness (QED) is 0.0345. The van der Waals surface area contributed by atoms with E-state index in [-0.39, 0.29) is 41.0 Å². The van der Waals surface area contributed by atoms with Crippen LogP contribution in [0.3, 0.4) is 0 Å². The Hall–Kier alpha value is -8.58. The molecule has 0 aliphatic carbocycles. The van der Waals surface area contributed by atoms with Gasteiger partial charge in [0, 0.05) is 40.4 Å². The summed E-state index contributed by atoms with van der Waals surface area (Å²) in [7, 11) is 0. The van der Waals surface area contributed by atoms with Gasteiger partial charge in [-0.05, 0) is 115 Å². The van der Waals surface area contributed by atoms with Crippen molar-refractivity contribution in [3.8, 4) is 17.2 Å². The maximum absolute atomic E-state index is 14.0. The molecule has 0 bridgehead atoms. The van der Waals surface area contributed by atoms with E-state index in [0.29, 0.717) is 56.3 Å². The molecule has 15 nitrogen and oxygen atoms in total. The Bertz CT molecular complexity index is 3430. The predicted molar refractivity (Wildman–Crippen MR) is 312 cm³/mol. The number of anilines is 2. The molecule has 426 valence electrons. The zero-order chi connectivity index (χ0) is 58.6. The Balaban J connectivity index is 0.933. The molecule has 2 atom stereocenters. The van der Waals surface area contributed by atoms with Gasteiger partial charge in [0.2, 0.25) is 0 Å². The van der Waals surface area contributed by atoms with Gasteiger partial charge in [-0.15, -0.1) is 36.5 Å². The van der Waals surface area contributed by atoms with E-state index in [2.05, 4.69) is 87.7 Å². The summed E-state index contributed by atoms with van der Waals surface area (Å²) in [5, 5.41) is 19.2. The summed E-state index contributed by atoms with van der Waals surface area (Å²) in [5.74, 6) is 0.923. The van der Waals surface area contributed by atoms with Crippen molar-refractivity contribution in [2.75, 3.05) is 21.3 Å². The first kappa shape index (κ1) is 59.5. The monoisotopic (exact) mass is 1170 g/mol. The SMILES string of the molecule is CC1CS/C(=N/N=C\c2ccc(C(N)=NC=Nc3ccc(OC(F)(F)F)cc3)cc2)N1c1cc(CC(C)(C)c2ccccc2N2/C(=N\N=C/c3ccc(C(N)=NC=Nc4ccc(OC(F)(F)F)cc4)cc3)SCC2C)ccc1OC(F)F. The first-order chi connectivity index (χ1) is 39.1. The number of hydrogen-bond acceptors (Lipinski definition) is 11. The average Bonchev–Trinajstić information content (AvgIpc) is 3.43. The van der Waals surface area contributed by atoms with Gasteiger partial charge in [-0.3, -0.25) is 0 Å². The normalized spacial score (nSPS) is 17.8. The topological polar surface area (TPSA) is 185 Å². The fraction of sp³-hybridized carbons (Fsp3) is 0.228. The van der Waals surface area contributed by atoms with Gasteiger partial charge < -0.3 is 35.5 Å². The van der Waals surface area contributed by atoms with E-state index in [0.717, 1.165) is 52.4 Å². The minimum absolute atomic E-state index is 0.00819. The fourth-order valence-corrected chi connectivity index (χ4v) is 10.6. The van der Waals surface area contributed by atoms with Crippen LogP contribution in [0.25, 0.3) is 0 Å². The van der Waals surface area contributed by atoms with Crippen molar-refractivity contribution in [2.24, 2.45) is 51.8 Å². The van der Waals surface area contributed by atoms with Crippen molar-refractivity contribution < 1.29 is 49.3 Å². The van der Waals surface area contributed by atoms with E-state index in [4.69, 9.17) is 16.2 Å². The number of nitrogens with zero attached hydrogens (tertiary/aromatic N) is 10. The van der Waals surface area contributed by atoms with Crippen molar-refractivity contribution in [3.05, 3.63) is 173 Å². The second-order valence-corrected chi connectivity index (χ2v) is 20.9. The second-order valence-electron chi connectivity index (χ2n) is 18.9. The molecule has 2 unspecified atom stereocenters. The molecule has 0 radical (unpaired) electrons. The number of para-hydroxylation sites is 1. The molecule has 2 saturated heterocycles. The summed E-state index contributed by atoms with van der Waals surface area (Å²) in [6.45, 7) is 5.28. The van der Waals surface area contributed by atoms with Crippen LogP contribution in [0, 0.1) is 0 Å². The van der Waals surface area contributed by atoms with Crippen LogP contribution in [0.5, 0.6) is 17.2 Å². The number of amidine groups is 4. The Morgan fingerprint density at radius 2 is 1.06 bits per heavy atom. The van der Waals surface area contributed by atoms with Crippen LogP contribution >= 0.6 is 23.5 Å². The highest BCUT2D eigenvalue weighted by Gasteiger charge is 2.36. The van der Waals surface area contributed by atoms with Gasteiger partial charge in [-0.25, -0.2) is 20.0 Å². The summed E-state index contributed by atoms with van der Waals surface area (Å²) in [6.07, 6.45) is -3.53. The van der Waals surface area contributed by atoms with Crippen LogP contribution in [-0.2, 0) is 11.8 Å². The second kappa shape index (κ2) is 26.3. The molecule has 6 aromatic carbocycles. The van der Waals surface area contributed by atoms with Gasteiger partial charge in [0.1, 0.15) is 41.6 Å². The minimum atomic E-state index is -4.81. The number of benzene rings is 6. The molecular formula is C57H52F8N12O3S2. The Morgan fingerprint density at radius 3 is 1.51 bits per heavy atom. The Labute approximate surface area is 475 Å². The Morgan fingerprint density at radius 1 is 0.610 bits per heavy atom. The molecule has 2 aliphatic heterocycles. The van der Waals surface area contributed by atoms with Crippen molar-refractivity contribution in [1.29, 1.82) is 0 Å². The van der Waals surface area contributed by atoms with Crippen molar-refractivity contribution in [2.45, 2.75) is 71.0 Å². The maximum Gasteiger partial charge on any atom is 0.573 e. The largest absolute Gasteiger partial charge is 0.573 e. The van der Waals surface area contributed by atoms with E-state index in [1.807, 2.05) is 30.0 Å². The molecular weight excluding hydrogens is 1120 g/mol. The summed E-state index contributed by atoms with van der Waals surface area (Å²) >= 11 is 3.02. The highest BCUT2D eigenvalue weighted by atomic mass is 32.2. The highest BCUT2D eigenvalue weighted by Crippen LogP contribution is 2.43. The number of thioether (sulfide) groups is 2. The molecule has 2 aliphatic rings. The van der Waals surface area contributed by atoms with Crippen LogP contribution in [0.15, 0.2) is 180 Å². The van der Waals surface area contributed by atoms with Crippen molar-refractivity contribution >= 4 is 93.4 Å². The molecule has 6 aromatic rings. The van der Waals surface area contributed by atoms with Crippen molar-refractivity contribution in [3.63, 3.8) is 0 Å². The molecule has 0 spiro atoms. The molecule has 0 saturated carbocycles. The van der Waals surface area contributed by atoms with Crippen LogP contribution < -0.4 is 35.5 Å². The zero-order valence-corrected chi connectivity index (χ0v) is 45.8. The van der Waals surface area contributed by atoms with E-state index in [9.17, 15) is 35.1 Å². The van der Waals surface area contributed by atoms with E-state index >= 15 is 0 Å². The van der Waals surface area contributed by atoms with Crippen LogP contribution in [0.1, 0.15) is 61.1 Å². The first-order valence-electron chi connectivity index (χ1n) is 24.9. The summed E-state index contributed by atoms with van der Waals surface area (Å²) in [6, 6.07) is 37.3. The minimum Gasteiger partial charge on any atom is -0.433 e. The summed E-state index contributed by atoms with van der Waals surface area (Å²) in [5.41, 5.74) is 18.4. The number of nitrogens with two attached hydrogens (primary N) is 2. The first-order valence-corrected chi connectivity index (χ1v) is 26.9. The highest BCUT2D eigenvalue weighted by molar-refractivity contribution is 8.14. The third-order valence-corrected chi connectivity index (χ3v) is 14.7. The lowest BCUT2D eigenvalue weighted by Crippen LogP contribution is -2.34. The lowest BCUT2D eigenvalue weighted by Gasteiger charge is -2.33. The number of halogens is 8. The molecule has 8 rings (SSSR count). The van der Waals surface area contributed by atoms with Gasteiger partial charge >= 0.3 is 19.3 Å². The zero-order valence-electron chi connectivity index (χ0n) is 44.1. The van der Waals surface area contributed by atoms with Crippen LogP contribution in [-0.4, -0.2) is 90.0 Å². The van der Waals surface area contributed by atoms with Gasteiger partial charge in [0.15, 0.2) is 10.3 Å². The number of ether oxygens (including phenoxy) is 3. The van der Waals surface area contributed by atoms with Crippen molar-refractivity contribution in [1.82, 2.24) is 0 Å². The molecule has 0 aromatic heterocycles. The van der Waals surface area contributed by atoms with E-state index < -0.39 is 24.8 Å². The van der Waals surface area contributed by atoms with E-state index in [1.54, 1.807) is 84.9 Å². The number of alkyl halides is 8. The molecule has 4 N–H and O–H groups in total. The number of rotatable bonds is 19. The molecule has 2 heterocycles. The third-order valence-electron chi connectivity index (χ3n) is 12.3. The van der Waals surface area contributed by atoms with Crippen LogP contribution in [0.2, 0.25) is 0 Å². The van der Waals surface area contributed by atoms with Gasteiger partial charge in [0.05, 0.1) is 29.5 Å². The third kappa shape index (κ3) is 16.5. The van der Waals surface area contributed by atoms with Crippen LogP contribution in [0.4, 0.5) is 57.9 Å². The lowest BCUT2D eigenvalue weighted by molar-refractivity contribution is -0.275. The van der Waals surface area contributed by atoms with E-state index in [1.165, 1.54) is 48.7 Å². The van der Waals surface area contributed by atoms with Gasteiger partial charge in [-0.2, -0.15) is 19.0 Å². The predicted octanol–water partition coefficient (Wildman–Crippen LogP) is 13.4.